The molecule has 5 nitrogen and oxygen atoms in total. The lowest BCUT2D eigenvalue weighted by Crippen LogP contribution is -2.26. The van der Waals surface area contributed by atoms with Crippen LogP contribution in [0.5, 0.6) is 0 Å². The molecule has 0 unspecified atom stereocenters. The smallest absolute Gasteiger partial charge is 0.272 e. The number of rotatable bonds is 5. The molecule has 0 saturated carbocycles. The molecule has 4 rings (SSSR count). The number of H-pyrrole nitrogens is 1. The summed E-state index contributed by atoms with van der Waals surface area (Å²) in [7, 11) is 0. The summed E-state index contributed by atoms with van der Waals surface area (Å²) < 4.78 is 2.59. The summed E-state index contributed by atoms with van der Waals surface area (Å²) in [4.78, 5) is 28.3. The van der Waals surface area contributed by atoms with Crippen LogP contribution in [-0.4, -0.2) is 15.5 Å². The average Bonchev–Trinajstić information content (AvgIpc) is 3.20. The second-order valence-corrected chi connectivity index (χ2v) is 8.09. The highest BCUT2D eigenvalue weighted by atomic mass is 32.1. The van der Waals surface area contributed by atoms with Crippen LogP contribution < -0.4 is 10.9 Å². The molecule has 0 bridgehead atoms. The number of hydrogen-bond donors (Lipinski definition) is 2. The molecule has 0 saturated heterocycles. The zero-order valence-corrected chi connectivity index (χ0v) is 17.3. The van der Waals surface area contributed by atoms with Crippen LogP contribution in [0.2, 0.25) is 0 Å². The minimum Gasteiger partial charge on any atom is -0.346 e. The van der Waals surface area contributed by atoms with Gasteiger partial charge in [-0.3, -0.25) is 14.2 Å². The first kappa shape index (κ1) is 19.3. The minimum absolute atomic E-state index is 0.0854. The molecule has 0 fully saturated rings. The lowest BCUT2D eigenvalue weighted by atomic mass is 10.1. The molecule has 0 aliphatic rings. The lowest BCUT2D eigenvalue weighted by Gasteiger charge is -2.14. The van der Waals surface area contributed by atoms with Gasteiger partial charge in [0.15, 0.2) is 4.77 Å². The van der Waals surface area contributed by atoms with Gasteiger partial charge in [0.25, 0.3) is 11.5 Å². The van der Waals surface area contributed by atoms with Crippen molar-refractivity contribution < 1.29 is 4.79 Å². The quantitative estimate of drug-likeness (QED) is 0.461. The summed E-state index contributed by atoms with van der Waals surface area (Å²) >= 11 is 6.73. The molecule has 2 heterocycles. The van der Waals surface area contributed by atoms with Gasteiger partial charge in [-0.1, -0.05) is 42.5 Å². The van der Waals surface area contributed by atoms with Crippen molar-refractivity contribution in [1.29, 1.82) is 0 Å². The number of aromatic amines is 1. The van der Waals surface area contributed by atoms with Gasteiger partial charge in [-0.15, -0.1) is 11.3 Å². The Morgan fingerprint density at radius 1 is 1.14 bits per heavy atom. The molecular formula is C22H19N3O2S2. The highest BCUT2D eigenvalue weighted by Gasteiger charge is 2.12. The third-order valence-corrected chi connectivity index (χ3v) is 6.02. The lowest BCUT2D eigenvalue weighted by molar-refractivity contribution is 0.0940. The molecule has 4 aromatic rings. The summed E-state index contributed by atoms with van der Waals surface area (Å²) in [6.45, 7) is 2.31. The number of amides is 1. The van der Waals surface area contributed by atoms with E-state index in [9.17, 15) is 9.59 Å². The van der Waals surface area contributed by atoms with Crippen molar-refractivity contribution in [1.82, 2.24) is 14.9 Å². The zero-order valence-electron chi connectivity index (χ0n) is 15.7. The van der Waals surface area contributed by atoms with Gasteiger partial charge in [-0.05, 0) is 53.8 Å². The Hall–Kier alpha value is -3.03. The van der Waals surface area contributed by atoms with Gasteiger partial charge >= 0.3 is 0 Å². The van der Waals surface area contributed by atoms with Gasteiger partial charge in [0.1, 0.15) is 4.70 Å². The van der Waals surface area contributed by atoms with E-state index >= 15 is 0 Å². The molecule has 0 aliphatic carbocycles. The highest BCUT2D eigenvalue weighted by Crippen LogP contribution is 2.15. The topological polar surface area (TPSA) is 66.9 Å². The van der Waals surface area contributed by atoms with E-state index in [0.29, 0.717) is 21.6 Å². The number of carbonyl (C=O) groups is 1. The number of benzene rings is 2. The van der Waals surface area contributed by atoms with E-state index in [2.05, 4.69) is 10.3 Å². The molecule has 2 aromatic carbocycles. The monoisotopic (exact) mass is 421 g/mol. The largest absolute Gasteiger partial charge is 0.346 e. The maximum atomic E-state index is 12.7. The first-order chi connectivity index (χ1) is 14.0. The third-order valence-electron chi connectivity index (χ3n) is 4.80. The summed E-state index contributed by atoms with van der Waals surface area (Å²) in [6.07, 6.45) is 0. The summed E-state index contributed by atoms with van der Waals surface area (Å²) in [5, 5.41) is 4.87. The van der Waals surface area contributed by atoms with Crippen molar-refractivity contribution in [2.75, 3.05) is 0 Å². The van der Waals surface area contributed by atoms with Crippen LogP contribution in [0.15, 0.2) is 70.8 Å². The number of nitrogens with zero attached hydrogens (tertiary/aromatic N) is 1. The van der Waals surface area contributed by atoms with Crippen LogP contribution >= 0.6 is 23.6 Å². The molecule has 1 atom stereocenters. The first-order valence-electron chi connectivity index (χ1n) is 9.18. The Balaban J connectivity index is 1.50. The molecule has 1 amide bonds. The fraction of sp³-hybridized carbons (Fsp3) is 0.136. The van der Waals surface area contributed by atoms with Crippen molar-refractivity contribution in [3.05, 3.63) is 97.9 Å². The van der Waals surface area contributed by atoms with Gasteiger partial charge in [-0.25, -0.2) is 0 Å². The molecule has 2 aromatic heterocycles. The molecule has 0 spiro atoms. The Bertz CT molecular complexity index is 1270. The number of fused-ring (bicyclic) bond motifs is 1. The molecule has 29 heavy (non-hydrogen) atoms. The summed E-state index contributed by atoms with van der Waals surface area (Å²) in [5.41, 5.74) is 3.19. The van der Waals surface area contributed by atoms with E-state index < -0.39 is 0 Å². The predicted molar refractivity (Wildman–Crippen MR) is 119 cm³/mol. The van der Waals surface area contributed by atoms with Crippen molar-refractivity contribution in [3.63, 3.8) is 0 Å². The molecule has 146 valence electrons. The maximum Gasteiger partial charge on any atom is 0.272 e. The average molecular weight is 422 g/mol. The predicted octanol–water partition coefficient (Wildman–Crippen LogP) is 4.66. The summed E-state index contributed by atoms with van der Waals surface area (Å²) in [6, 6.07) is 18.8. The van der Waals surface area contributed by atoms with Gasteiger partial charge in [0.05, 0.1) is 18.1 Å². The van der Waals surface area contributed by atoms with Crippen molar-refractivity contribution in [2.24, 2.45) is 0 Å². The SMILES string of the molecule is C[C@H](NC(=O)c1ccc(Cn2c(=S)[nH]c3ccsc3c2=O)cc1)c1ccccc1. The molecule has 2 N–H and O–H groups in total. The van der Waals surface area contributed by atoms with Crippen LogP contribution in [0.25, 0.3) is 10.2 Å². The molecular weight excluding hydrogens is 402 g/mol. The van der Waals surface area contributed by atoms with Crippen LogP contribution in [0, 0.1) is 4.77 Å². The Labute approximate surface area is 176 Å². The number of thiophene rings is 1. The number of carbonyl (C=O) groups excluding carboxylic acids is 1. The van der Waals surface area contributed by atoms with E-state index in [1.54, 1.807) is 16.7 Å². The van der Waals surface area contributed by atoms with E-state index in [1.165, 1.54) is 11.3 Å². The first-order valence-corrected chi connectivity index (χ1v) is 10.5. The highest BCUT2D eigenvalue weighted by molar-refractivity contribution is 7.71. The number of hydrogen-bond acceptors (Lipinski definition) is 4. The van der Waals surface area contributed by atoms with E-state index in [-0.39, 0.29) is 17.5 Å². The van der Waals surface area contributed by atoms with Crippen LogP contribution in [0.1, 0.15) is 34.5 Å². The third kappa shape index (κ3) is 4.06. The summed E-state index contributed by atoms with van der Waals surface area (Å²) in [5.74, 6) is -0.137. The fourth-order valence-corrected chi connectivity index (χ4v) is 4.22. The second kappa shape index (κ2) is 8.14. The second-order valence-electron chi connectivity index (χ2n) is 6.79. The van der Waals surface area contributed by atoms with E-state index in [4.69, 9.17) is 12.2 Å². The Morgan fingerprint density at radius 3 is 2.59 bits per heavy atom. The van der Waals surface area contributed by atoms with Crippen molar-refractivity contribution >= 4 is 39.7 Å². The Kier molecular flexibility index (Phi) is 5.42. The zero-order chi connectivity index (χ0) is 20.4. The molecule has 0 aliphatic heterocycles. The van der Waals surface area contributed by atoms with E-state index in [1.807, 2.05) is 60.8 Å². The fourth-order valence-electron chi connectivity index (χ4n) is 3.16. The van der Waals surface area contributed by atoms with Gasteiger partial charge in [0.2, 0.25) is 0 Å². The molecule has 0 radical (unpaired) electrons. The van der Waals surface area contributed by atoms with Crippen LogP contribution in [0.3, 0.4) is 0 Å². The van der Waals surface area contributed by atoms with Gasteiger partial charge in [-0.2, -0.15) is 0 Å². The van der Waals surface area contributed by atoms with Crippen LogP contribution in [-0.2, 0) is 6.54 Å². The standard InChI is InChI=1S/C22H19N3O2S2/c1-14(16-5-3-2-4-6-16)23-20(26)17-9-7-15(8-10-17)13-25-21(27)19-18(11-12-29-19)24-22(25)28/h2-12,14H,13H2,1H3,(H,23,26)(H,24,28)/t14-/m0/s1. The van der Waals surface area contributed by atoms with Crippen molar-refractivity contribution in [2.45, 2.75) is 19.5 Å². The van der Waals surface area contributed by atoms with Gasteiger partial charge in [0, 0.05) is 5.56 Å². The maximum absolute atomic E-state index is 12.7. The minimum atomic E-state index is -0.137. The number of aromatic nitrogens is 2. The normalized spacial score (nSPS) is 12.0. The van der Waals surface area contributed by atoms with E-state index in [0.717, 1.165) is 16.6 Å². The van der Waals surface area contributed by atoms with Crippen molar-refractivity contribution in [3.8, 4) is 0 Å². The van der Waals surface area contributed by atoms with Gasteiger partial charge < -0.3 is 10.3 Å². The number of nitrogens with one attached hydrogen (secondary N) is 2. The Morgan fingerprint density at radius 2 is 1.86 bits per heavy atom. The molecule has 7 heteroatoms. The van der Waals surface area contributed by atoms with Crippen LogP contribution in [0.4, 0.5) is 0 Å².